The second-order valence-electron chi connectivity index (χ2n) is 4.68. The van der Waals surface area contributed by atoms with Gasteiger partial charge in [-0.3, -0.25) is 5.32 Å². The molecule has 23 heavy (non-hydrogen) atoms. The van der Waals surface area contributed by atoms with Crippen molar-refractivity contribution in [2.75, 3.05) is 16.4 Å². The Labute approximate surface area is 137 Å². The number of rotatable bonds is 5. The number of ether oxygens (including phenoxy) is 1. The minimum atomic E-state index is -0.749. The summed E-state index contributed by atoms with van der Waals surface area (Å²) in [5, 5.41) is 5.50. The molecule has 4 N–H and O–H groups in total. The van der Waals surface area contributed by atoms with Crippen LogP contribution in [0, 0.1) is 5.82 Å². The summed E-state index contributed by atoms with van der Waals surface area (Å²) in [5.41, 5.74) is 6.25. The van der Waals surface area contributed by atoms with Crippen molar-refractivity contribution in [1.82, 2.24) is 4.98 Å². The minimum absolute atomic E-state index is 0.133. The predicted molar refractivity (Wildman–Crippen MR) is 87.8 cm³/mol. The lowest BCUT2D eigenvalue weighted by Crippen LogP contribution is -2.18. The van der Waals surface area contributed by atoms with E-state index in [1.54, 1.807) is 24.3 Å². The van der Waals surface area contributed by atoms with Gasteiger partial charge in [0.15, 0.2) is 5.56 Å². The molecular weight excluding hydrogens is 323 g/mol. The Morgan fingerprint density at radius 3 is 2.65 bits per heavy atom. The van der Waals surface area contributed by atoms with Crippen LogP contribution >= 0.6 is 11.6 Å². The number of aromatic nitrogens is 1. The van der Waals surface area contributed by atoms with E-state index in [0.29, 0.717) is 18.1 Å². The lowest BCUT2D eigenvalue weighted by atomic mass is 10.2. The van der Waals surface area contributed by atoms with Crippen LogP contribution in [-0.4, -0.2) is 16.6 Å². The third kappa shape index (κ3) is 5.30. The molecule has 0 bridgehead atoms. The number of amides is 1. The lowest BCUT2D eigenvalue weighted by Gasteiger charge is -2.11. The number of carbonyl (C=O) groups is 1. The molecule has 0 aliphatic carbocycles. The van der Waals surface area contributed by atoms with E-state index < -0.39 is 11.7 Å². The van der Waals surface area contributed by atoms with Gasteiger partial charge in [0, 0.05) is 6.54 Å². The first-order valence-electron chi connectivity index (χ1n) is 6.80. The predicted octanol–water partition coefficient (Wildman–Crippen LogP) is 3.55. The van der Waals surface area contributed by atoms with Crippen LogP contribution in [0.15, 0.2) is 36.4 Å². The number of carbonyl (C=O) groups excluding carboxylic acids is 1. The van der Waals surface area contributed by atoms with E-state index in [2.05, 4.69) is 15.6 Å². The Morgan fingerprint density at radius 2 is 2.04 bits per heavy atom. The number of benzene rings is 1. The Kier molecular flexibility index (Phi) is 5.59. The van der Waals surface area contributed by atoms with Gasteiger partial charge in [0.2, 0.25) is 0 Å². The monoisotopic (exact) mass is 338 g/mol. The van der Waals surface area contributed by atoms with Crippen LogP contribution < -0.4 is 16.4 Å². The average molecular weight is 339 g/mol. The summed E-state index contributed by atoms with van der Waals surface area (Å²) in [7, 11) is 0. The number of nitrogen functional groups attached to an aromatic ring is 1. The summed E-state index contributed by atoms with van der Waals surface area (Å²) in [6.07, 6.45) is -0.715. The second-order valence-corrected chi connectivity index (χ2v) is 5.30. The van der Waals surface area contributed by atoms with Crippen molar-refractivity contribution in [2.24, 2.45) is 0 Å². The molecule has 0 spiro atoms. The van der Waals surface area contributed by atoms with Gasteiger partial charge in [0.05, 0.1) is 5.69 Å². The number of nitrogens with zero attached hydrogens (tertiary/aromatic N) is 1. The van der Waals surface area contributed by atoms with Crippen LogP contribution in [0.2, 0.25) is 0 Å². The summed E-state index contributed by atoms with van der Waals surface area (Å²) in [4.78, 5) is 15.6. The van der Waals surface area contributed by atoms with E-state index in [1.807, 2.05) is 0 Å². The van der Waals surface area contributed by atoms with Gasteiger partial charge in [-0.1, -0.05) is 23.7 Å². The first-order chi connectivity index (χ1) is 10.9. The van der Waals surface area contributed by atoms with Crippen molar-refractivity contribution < 1.29 is 13.9 Å². The fraction of sp³-hybridized carbons (Fsp3) is 0.200. The zero-order chi connectivity index (χ0) is 16.8. The van der Waals surface area contributed by atoms with Crippen LogP contribution in [0.5, 0.6) is 0 Å². The number of anilines is 3. The molecule has 0 saturated heterocycles. The quantitative estimate of drug-likeness (QED) is 0.725. The Hall–Kier alpha value is -2.54. The van der Waals surface area contributed by atoms with Crippen molar-refractivity contribution in [1.29, 1.82) is 0 Å². The molecule has 1 aromatic carbocycles. The molecule has 122 valence electrons. The highest BCUT2D eigenvalue weighted by molar-refractivity contribution is 6.20. The van der Waals surface area contributed by atoms with E-state index in [1.165, 1.54) is 19.1 Å². The molecular formula is C15H16ClFN4O2. The third-order valence-corrected chi connectivity index (χ3v) is 2.91. The second kappa shape index (κ2) is 7.64. The third-order valence-electron chi connectivity index (χ3n) is 2.82. The fourth-order valence-corrected chi connectivity index (χ4v) is 1.84. The molecule has 0 fully saturated rings. The molecule has 6 nitrogen and oxygen atoms in total. The van der Waals surface area contributed by atoms with Crippen molar-refractivity contribution in [3.8, 4) is 0 Å². The number of hydrogen-bond acceptors (Lipinski definition) is 5. The van der Waals surface area contributed by atoms with E-state index in [9.17, 15) is 9.18 Å². The van der Waals surface area contributed by atoms with Crippen molar-refractivity contribution in [3.63, 3.8) is 0 Å². The largest absolute Gasteiger partial charge is 0.430 e. The zero-order valence-corrected chi connectivity index (χ0v) is 13.1. The number of alkyl halides is 1. The van der Waals surface area contributed by atoms with Gasteiger partial charge in [-0.25, -0.2) is 14.2 Å². The van der Waals surface area contributed by atoms with Crippen LogP contribution in [-0.2, 0) is 11.3 Å². The highest BCUT2D eigenvalue weighted by Crippen LogP contribution is 2.19. The van der Waals surface area contributed by atoms with Gasteiger partial charge in [-0.05, 0) is 36.8 Å². The molecule has 1 amide bonds. The van der Waals surface area contributed by atoms with E-state index >= 15 is 0 Å². The van der Waals surface area contributed by atoms with Gasteiger partial charge < -0.3 is 15.8 Å². The molecule has 8 heteroatoms. The summed E-state index contributed by atoms with van der Waals surface area (Å²) < 4.78 is 17.6. The van der Waals surface area contributed by atoms with Gasteiger partial charge in [0.1, 0.15) is 17.5 Å². The lowest BCUT2D eigenvalue weighted by molar-refractivity contribution is 0.154. The maximum Gasteiger partial charge on any atom is 0.413 e. The van der Waals surface area contributed by atoms with Crippen LogP contribution in [0.4, 0.5) is 26.5 Å². The van der Waals surface area contributed by atoms with Gasteiger partial charge in [-0.2, -0.15) is 0 Å². The number of nitrogens with two attached hydrogens (primary N) is 1. The SMILES string of the molecule is CC(Cl)OC(=O)Nc1ccc(NCc2ccc(F)cc2)nc1N. The maximum absolute atomic E-state index is 12.8. The Balaban J connectivity index is 1.96. The van der Waals surface area contributed by atoms with Gasteiger partial charge in [0.25, 0.3) is 0 Å². The van der Waals surface area contributed by atoms with E-state index in [4.69, 9.17) is 22.1 Å². The Morgan fingerprint density at radius 1 is 1.35 bits per heavy atom. The maximum atomic E-state index is 12.8. The highest BCUT2D eigenvalue weighted by atomic mass is 35.5. The molecule has 2 rings (SSSR count). The van der Waals surface area contributed by atoms with E-state index in [-0.39, 0.29) is 11.6 Å². The number of halogens is 2. The zero-order valence-electron chi connectivity index (χ0n) is 12.3. The first-order valence-corrected chi connectivity index (χ1v) is 7.24. The molecule has 1 aromatic heterocycles. The molecule has 1 unspecified atom stereocenters. The standard InChI is InChI=1S/C15H16ClFN4O2/c1-9(16)23-15(22)20-12-6-7-13(21-14(12)18)19-8-10-2-4-11(17)5-3-10/h2-7,9H,8H2,1H3,(H,20,22)(H3,18,19,21). The molecule has 0 radical (unpaired) electrons. The van der Waals surface area contributed by atoms with Crippen LogP contribution in [0.25, 0.3) is 0 Å². The number of pyridine rings is 1. The fourth-order valence-electron chi connectivity index (χ4n) is 1.76. The molecule has 0 saturated carbocycles. The van der Waals surface area contributed by atoms with Crippen molar-refractivity contribution in [3.05, 3.63) is 47.8 Å². The smallest absolute Gasteiger partial charge is 0.413 e. The van der Waals surface area contributed by atoms with Gasteiger partial charge >= 0.3 is 6.09 Å². The first kappa shape index (κ1) is 16.8. The van der Waals surface area contributed by atoms with Crippen LogP contribution in [0.3, 0.4) is 0 Å². The molecule has 0 aliphatic rings. The summed E-state index contributed by atoms with van der Waals surface area (Å²) in [6, 6.07) is 9.36. The molecule has 1 atom stereocenters. The molecule has 1 heterocycles. The van der Waals surface area contributed by atoms with Crippen molar-refractivity contribution >= 4 is 35.0 Å². The number of hydrogen-bond donors (Lipinski definition) is 3. The van der Waals surface area contributed by atoms with Gasteiger partial charge in [-0.15, -0.1) is 0 Å². The average Bonchev–Trinajstić information content (AvgIpc) is 2.48. The summed E-state index contributed by atoms with van der Waals surface area (Å²) >= 11 is 5.55. The number of nitrogens with one attached hydrogen (secondary N) is 2. The van der Waals surface area contributed by atoms with Crippen LogP contribution in [0.1, 0.15) is 12.5 Å². The summed E-state index contributed by atoms with van der Waals surface area (Å²) in [6.45, 7) is 1.98. The normalized spacial score (nSPS) is 11.6. The Bertz CT molecular complexity index is 680. The molecule has 2 aromatic rings. The summed E-state index contributed by atoms with van der Waals surface area (Å²) in [5.74, 6) is 0.370. The van der Waals surface area contributed by atoms with E-state index in [0.717, 1.165) is 5.56 Å². The topological polar surface area (TPSA) is 89.3 Å². The molecule has 0 aliphatic heterocycles. The minimum Gasteiger partial charge on any atom is -0.430 e. The highest BCUT2D eigenvalue weighted by Gasteiger charge is 2.10. The van der Waals surface area contributed by atoms with Crippen molar-refractivity contribution in [2.45, 2.75) is 19.0 Å².